The van der Waals surface area contributed by atoms with E-state index in [-0.39, 0.29) is 17.3 Å². The standard InChI is InChI=1S/C16H25NO2/c1-5-13(15(18)19-4)11-17-12-16(2,3)14-9-7-6-8-10-14/h6-10,13,17H,5,11-12H2,1-4H3. The lowest BCUT2D eigenvalue weighted by Crippen LogP contribution is -2.37. The summed E-state index contributed by atoms with van der Waals surface area (Å²) in [6, 6.07) is 10.4. The first kappa shape index (κ1) is 15.7. The second-order valence-corrected chi connectivity index (χ2v) is 5.51. The van der Waals surface area contributed by atoms with E-state index in [0.717, 1.165) is 13.0 Å². The number of hydrogen-bond donors (Lipinski definition) is 1. The van der Waals surface area contributed by atoms with Crippen molar-refractivity contribution in [3.05, 3.63) is 35.9 Å². The molecule has 0 aliphatic carbocycles. The van der Waals surface area contributed by atoms with E-state index in [4.69, 9.17) is 4.74 Å². The lowest BCUT2D eigenvalue weighted by atomic mass is 9.84. The minimum atomic E-state index is -0.132. The summed E-state index contributed by atoms with van der Waals surface area (Å²) in [5, 5.41) is 3.39. The van der Waals surface area contributed by atoms with Crippen molar-refractivity contribution in [2.24, 2.45) is 5.92 Å². The second-order valence-electron chi connectivity index (χ2n) is 5.51. The van der Waals surface area contributed by atoms with E-state index >= 15 is 0 Å². The maximum atomic E-state index is 11.5. The summed E-state index contributed by atoms with van der Waals surface area (Å²) in [4.78, 5) is 11.5. The quantitative estimate of drug-likeness (QED) is 0.769. The Morgan fingerprint density at radius 1 is 1.32 bits per heavy atom. The van der Waals surface area contributed by atoms with Crippen LogP contribution in [0.5, 0.6) is 0 Å². The van der Waals surface area contributed by atoms with Gasteiger partial charge in [-0.2, -0.15) is 0 Å². The highest BCUT2D eigenvalue weighted by Crippen LogP contribution is 2.21. The minimum absolute atomic E-state index is 0.0513. The topological polar surface area (TPSA) is 38.3 Å². The Hall–Kier alpha value is -1.35. The number of hydrogen-bond acceptors (Lipinski definition) is 3. The molecule has 1 aromatic rings. The molecule has 0 radical (unpaired) electrons. The Kier molecular flexibility index (Phi) is 6.03. The number of esters is 1. The van der Waals surface area contributed by atoms with Crippen LogP contribution in [0.15, 0.2) is 30.3 Å². The number of carbonyl (C=O) groups is 1. The zero-order chi connectivity index (χ0) is 14.3. The number of methoxy groups -OCH3 is 1. The van der Waals surface area contributed by atoms with E-state index in [1.54, 1.807) is 0 Å². The van der Waals surface area contributed by atoms with Crippen LogP contribution in [-0.4, -0.2) is 26.2 Å². The normalized spacial score (nSPS) is 13.1. The van der Waals surface area contributed by atoms with Crippen molar-refractivity contribution in [3.8, 4) is 0 Å². The molecule has 0 aliphatic heterocycles. The molecule has 0 saturated carbocycles. The van der Waals surface area contributed by atoms with Crippen LogP contribution in [-0.2, 0) is 14.9 Å². The second kappa shape index (κ2) is 7.29. The summed E-state index contributed by atoms with van der Waals surface area (Å²) >= 11 is 0. The third-order valence-electron chi connectivity index (χ3n) is 3.54. The largest absolute Gasteiger partial charge is 0.469 e. The summed E-state index contributed by atoms with van der Waals surface area (Å²) in [6.45, 7) is 7.92. The molecule has 19 heavy (non-hydrogen) atoms. The van der Waals surface area contributed by atoms with Gasteiger partial charge in [0.15, 0.2) is 0 Å². The van der Waals surface area contributed by atoms with Crippen molar-refractivity contribution in [3.63, 3.8) is 0 Å². The Labute approximate surface area is 116 Å². The van der Waals surface area contributed by atoms with E-state index in [0.29, 0.717) is 6.54 Å². The van der Waals surface area contributed by atoms with Crippen LogP contribution in [0.2, 0.25) is 0 Å². The van der Waals surface area contributed by atoms with Gasteiger partial charge in [-0.25, -0.2) is 0 Å². The molecule has 0 bridgehead atoms. The molecule has 0 saturated heterocycles. The minimum Gasteiger partial charge on any atom is -0.469 e. The van der Waals surface area contributed by atoms with E-state index in [2.05, 4.69) is 43.4 Å². The Morgan fingerprint density at radius 2 is 1.95 bits per heavy atom. The van der Waals surface area contributed by atoms with Crippen molar-refractivity contribution in [2.75, 3.05) is 20.2 Å². The van der Waals surface area contributed by atoms with Gasteiger partial charge in [-0.05, 0) is 12.0 Å². The fraction of sp³-hybridized carbons (Fsp3) is 0.562. The third kappa shape index (κ3) is 4.67. The average Bonchev–Trinajstić information content (AvgIpc) is 2.43. The van der Waals surface area contributed by atoms with E-state index in [1.165, 1.54) is 12.7 Å². The average molecular weight is 263 g/mol. The van der Waals surface area contributed by atoms with E-state index in [1.807, 2.05) is 13.0 Å². The van der Waals surface area contributed by atoms with Gasteiger partial charge in [-0.3, -0.25) is 4.79 Å². The molecule has 106 valence electrons. The molecular formula is C16H25NO2. The van der Waals surface area contributed by atoms with Gasteiger partial charge in [-0.1, -0.05) is 51.1 Å². The highest BCUT2D eigenvalue weighted by Gasteiger charge is 2.22. The van der Waals surface area contributed by atoms with Gasteiger partial charge in [-0.15, -0.1) is 0 Å². The van der Waals surface area contributed by atoms with Gasteiger partial charge in [0, 0.05) is 18.5 Å². The van der Waals surface area contributed by atoms with Crippen molar-refractivity contribution in [1.29, 1.82) is 0 Å². The van der Waals surface area contributed by atoms with E-state index < -0.39 is 0 Å². The zero-order valence-corrected chi connectivity index (χ0v) is 12.4. The maximum Gasteiger partial charge on any atom is 0.309 e. The fourth-order valence-corrected chi connectivity index (χ4v) is 2.11. The first-order valence-corrected chi connectivity index (χ1v) is 6.85. The zero-order valence-electron chi connectivity index (χ0n) is 12.4. The van der Waals surface area contributed by atoms with Gasteiger partial charge < -0.3 is 10.1 Å². The van der Waals surface area contributed by atoms with Crippen LogP contribution in [0.1, 0.15) is 32.8 Å². The van der Waals surface area contributed by atoms with Crippen LogP contribution >= 0.6 is 0 Å². The first-order valence-electron chi connectivity index (χ1n) is 6.85. The van der Waals surface area contributed by atoms with Crippen LogP contribution in [0, 0.1) is 5.92 Å². The summed E-state index contributed by atoms with van der Waals surface area (Å²) in [5.41, 5.74) is 1.35. The van der Waals surface area contributed by atoms with Crippen LogP contribution in [0.25, 0.3) is 0 Å². The van der Waals surface area contributed by atoms with Gasteiger partial charge in [0.05, 0.1) is 13.0 Å². The molecule has 0 fully saturated rings. The van der Waals surface area contributed by atoms with E-state index in [9.17, 15) is 4.79 Å². The molecule has 0 heterocycles. The van der Waals surface area contributed by atoms with Gasteiger partial charge in [0.25, 0.3) is 0 Å². The molecule has 3 nitrogen and oxygen atoms in total. The Morgan fingerprint density at radius 3 is 2.47 bits per heavy atom. The predicted octanol–water partition coefficient (Wildman–Crippen LogP) is 2.75. The SMILES string of the molecule is CCC(CNCC(C)(C)c1ccccc1)C(=O)OC. The highest BCUT2D eigenvalue weighted by molar-refractivity contribution is 5.72. The Balaban J connectivity index is 2.50. The van der Waals surface area contributed by atoms with Gasteiger partial charge >= 0.3 is 5.97 Å². The summed E-state index contributed by atoms with van der Waals surface area (Å²) in [6.07, 6.45) is 0.797. The van der Waals surface area contributed by atoms with Crippen molar-refractivity contribution in [2.45, 2.75) is 32.6 Å². The van der Waals surface area contributed by atoms with Crippen LogP contribution < -0.4 is 5.32 Å². The third-order valence-corrected chi connectivity index (χ3v) is 3.54. The molecule has 1 rings (SSSR count). The molecule has 1 unspecified atom stereocenters. The van der Waals surface area contributed by atoms with Crippen LogP contribution in [0.3, 0.4) is 0 Å². The number of benzene rings is 1. The summed E-state index contributed by atoms with van der Waals surface area (Å²) in [7, 11) is 1.44. The number of ether oxygens (including phenoxy) is 1. The molecule has 0 aromatic heterocycles. The molecule has 0 amide bonds. The smallest absolute Gasteiger partial charge is 0.309 e. The maximum absolute atomic E-state index is 11.5. The lowest BCUT2D eigenvalue weighted by Gasteiger charge is -2.26. The Bertz CT molecular complexity index is 387. The fourth-order valence-electron chi connectivity index (χ4n) is 2.11. The number of nitrogens with one attached hydrogen (secondary N) is 1. The molecule has 1 aromatic carbocycles. The molecule has 0 aliphatic rings. The molecule has 0 spiro atoms. The predicted molar refractivity (Wildman–Crippen MR) is 78.1 cm³/mol. The van der Waals surface area contributed by atoms with Gasteiger partial charge in [0.2, 0.25) is 0 Å². The lowest BCUT2D eigenvalue weighted by molar-refractivity contribution is -0.145. The molecule has 3 heteroatoms. The first-order chi connectivity index (χ1) is 9.01. The van der Waals surface area contributed by atoms with Crippen molar-refractivity contribution < 1.29 is 9.53 Å². The number of carbonyl (C=O) groups excluding carboxylic acids is 1. The summed E-state index contributed by atoms with van der Waals surface area (Å²) in [5.74, 6) is -0.191. The van der Waals surface area contributed by atoms with Crippen molar-refractivity contribution in [1.82, 2.24) is 5.32 Å². The number of rotatable bonds is 7. The molecule has 1 atom stereocenters. The van der Waals surface area contributed by atoms with Gasteiger partial charge in [0.1, 0.15) is 0 Å². The highest BCUT2D eigenvalue weighted by atomic mass is 16.5. The molecular weight excluding hydrogens is 238 g/mol. The monoisotopic (exact) mass is 263 g/mol. The van der Waals surface area contributed by atoms with Crippen LogP contribution in [0.4, 0.5) is 0 Å². The summed E-state index contributed by atoms with van der Waals surface area (Å²) < 4.78 is 4.79. The van der Waals surface area contributed by atoms with Crippen molar-refractivity contribution >= 4 is 5.97 Å². The molecule has 1 N–H and O–H groups in total.